The molecule has 0 spiro atoms. The average molecular weight is 515 g/mol. The van der Waals surface area contributed by atoms with Gasteiger partial charge in [-0.25, -0.2) is 9.78 Å². The van der Waals surface area contributed by atoms with E-state index >= 15 is 0 Å². The van der Waals surface area contributed by atoms with Crippen molar-refractivity contribution in [3.63, 3.8) is 0 Å². The highest BCUT2D eigenvalue weighted by atomic mass is 32.2. The Morgan fingerprint density at radius 3 is 2.03 bits per heavy atom. The van der Waals surface area contributed by atoms with Crippen LogP contribution < -0.4 is 33.2 Å². The zero-order chi connectivity index (χ0) is 26.5. The number of aliphatic carboxylic acids is 1. The van der Waals surface area contributed by atoms with Crippen molar-refractivity contribution < 1.29 is 33.9 Å². The van der Waals surface area contributed by atoms with Crippen molar-refractivity contribution in [2.75, 3.05) is 12.0 Å². The number of carboxylic acids is 1. The van der Waals surface area contributed by atoms with Crippen LogP contribution >= 0.6 is 11.8 Å². The summed E-state index contributed by atoms with van der Waals surface area (Å²) in [7, 11) is 0. The number of carboxylic acid groups (broad SMARTS) is 1. The molecule has 4 atom stereocenters. The van der Waals surface area contributed by atoms with Gasteiger partial charge in [-0.15, -0.1) is 0 Å². The molecule has 194 valence electrons. The summed E-state index contributed by atoms with van der Waals surface area (Å²) in [5, 5.41) is 16.0. The fourth-order valence-electron chi connectivity index (χ4n) is 2.87. The Kier molecular flexibility index (Phi) is 12.2. The van der Waals surface area contributed by atoms with Crippen LogP contribution in [0.1, 0.15) is 25.0 Å². The van der Waals surface area contributed by atoms with Gasteiger partial charge in [0.15, 0.2) is 0 Å². The van der Waals surface area contributed by atoms with Gasteiger partial charge in [0.05, 0.1) is 25.2 Å². The van der Waals surface area contributed by atoms with Gasteiger partial charge in [0.2, 0.25) is 29.5 Å². The minimum absolute atomic E-state index is 0.131. The molecule has 35 heavy (non-hydrogen) atoms. The standard InChI is InChI=1S/C19H30N8O7S/c1-35-3-2-11(25-16(30)10(20)4-9-7-23-8-24-9)17(31)26-12(5-14(21)28)18(32)27-13(19(33)34)6-15(22)29/h7-8,10-13H,2-6,20H2,1H3,(H2,21,28)(H2,22,29)(H,23,24)(H,25,30)(H,26,31)(H,27,32)(H,33,34). The van der Waals surface area contributed by atoms with E-state index in [0.29, 0.717) is 11.4 Å². The van der Waals surface area contributed by atoms with Crippen molar-refractivity contribution in [2.24, 2.45) is 17.2 Å². The fraction of sp³-hybridized carbons (Fsp3) is 0.526. The zero-order valence-corrected chi connectivity index (χ0v) is 19.8. The number of hydrogen-bond donors (Lipinski definition) is 8. The lowest BCUT2D eigenvalue weighted by molar-refractivity contribution is -0.144. The molecule has 0 saturated heterocycles. The lowest BCUT2D eigenvalue weighted by atomic mass is 10.1. The number of carbonyl (C=O) groups excluding carboxylic acids is 5. The first-order valence-electron chi connectivity index (χ1n) is 10.4. The van der Waals surface area contributed by atoms with E-state index in [1.165, 1.54) is 24.3 Å². The summed E-state index contributed by atoms with van der Waals surface area (Å²) in [6.45, 7) is 0. The van der Waals surface area contributed by atoms with Crippen LogP contribution in [0.5, 0.6) is 0 Å². The van der Waals surface area contributed by atoms with Crippen LogP contribution in [0.25, 0.3) is 0 Å². The molecule has 5 amide bonds. The van der Waals surface area contributed by atoms with E-state index < -0.39 is 72.5 Å². The Balaban J connectivity index is 2.94. The molecule has 0 saturated carbocycles. The molecule has 0 fully saturated rings. The number of aromatic amines is 1. The molecular weight excluding hydrogens is 484 g/mol. The Hall–Kier alpha value is -3.66. The second-order valence-corrected chi connectivity index (χ2v) is 8.52. The van der Waals surface area contributed by atoms with Gasteiger partial charge in [0, 0.05) is 18.3 Å². The van der Waals surface area contributed by atoms with Crippen LogP contribution in [-0.4, -0.2) is 86.8 Å². The maximum Gasteiger partial charge on any atom is 0.326 e. The van der Waals surface area contributed by atoms with E-state index in [1.807, 2.05) is 5.32 Å². The number of hydrogen-bond acceptors (Lipinski definition) is 9. The molecule has 16 heteroatoms. The van der Waals surface area contributed by atoms with Crippen LogP contribution in [0.2, 0.25) is 0 Å². The monoisotopic (exact) mass is 514 g/mol. The SMILES string of the molecule is CSCCC(NC(=O)C(N)Cc1cnc[nH]1)C(=O)NC(CC(N)=O)C(=O)NC(CC(N)=O)C(=O)O. The maximum atomic E-state index is 12.9. The molecule has 0 bridgehead atoms. The number of aromatic nitrogens is 2. The largest absolute Gasteiger partial charge is 0.480 e. The third-order valence-electron chi connectivity index (χ3n) is 4.63. The minimum atomic E-state index is -1.68. The van der Waals surface area contributed by atoms with E-state index in [4.69, 9.17) is 17.2 Å². The Morgan fingerprint density at radius 2 is 1.51 bits per heavy atom. The van der Waals surface area contributed by atoms with Crippen LogP contribution in [0.3, 0.4) is 0 Å². The molecule has 0 aliphatic heterocycles. The van der Waals surface area contributed by atoms with Gasteiger partial charge >= 0.3 is 5.97 Å². The smallest absolute Gasteiger partial charge is 0.326 e. The third-order valence-corrected chi connectivity index (χ3v) is 5.28. The zero-order valence-electron chi connectivity index (χ0n) is 19.0. The van der Waals surface area contributed by atoms with Crippen LogP contribution in [0.15, 0.2) is 12.5 Å². The van der Waals surface area contributed by atoms with Crippen LogP contribution in [0, 0.1) is 0 Å². The summed E-state index contributed by atoms with van der Waals surface area (Å²) in [6.07, 6.45) is 3.64. The lowest BCUT2D eigenvalue weighted by Crippen LogP contribution is -2.58. The van der Waals surface area contributed by atoms with Crippen LogP contribution in [-0.2, 0) is 35.2 Å². The summed E-state index contributed by atoms with van der Waals surface area (Å²) in [4.78, 5) is 78.5. The number of thioether (sulfide) groups is 1. The molecule has 4 unspecified atom stereocenters. The predicted molar refractivity (Wildman–Crippen MR) is 124 cm³/mol. The molecule has 11 N–H and O–H groups in total. The topological polar surface area (TPSA) is 265 Å². The fourth-order valence-corrected chi connectivity index (χ4v) is 3.34. The molecule has 15 nitrogen and oxygen atoms in total. The van der Waals surface area contributed by atoms with Gasteiger partial charge in [-0.05, 0) is 18.4 Å². The number of carbonyl (C=O) groups is 6. The van der Waals surface area contributed by atoms with Gasteiger partial charge in [0.25, 0.3) is 0 Å². The molecule has 1 aromatic rings. The number of nitrogens with one attached hydrogen (secondary N) is 4. The van der Waals surface area contributed by atoms with Gasteiger partial charge in [0.1, 0.15) is 18.1 Å². The quantitative estimate of drug-likeness (QED) is 0.107. The summed E-state index contributed by atoms with van der Waals surface area (Å²) >= 11 is 1.40. The summed E-state index contributed by atoms with van der Waals surface area (Å²) in [6, 6.07) is -5.37. The number of primary amides is 2. The molecule has 0 aromatic carbocycles. The minimum Gasteiger partial charge on any atom is -0.480 e. The van der Waals surface area contributed by atoms with Gasteiger partial charge in [-0.2, -0.15) is 11.8 Å². The lowest BCUT2D eigenvalue weighted by Gasteiger charge is -2.24. The average Bonchev–Trinajstić information content (AvgIpc) is 3.27. The van der Waals surface area contributed by atoms with E-state index in [-0.39, 0.29) is 12.8 Å². The Labute approximate surface area is 204 Å². The number of rotatable bonds is 16. The summed E-state index contributed by atoms with van der Waals surface area (Å²) in [5.74, 6) is -5.55. The number of imidazole rings is 1. The molecule has 1 aromatic heterocycles. The van der Waals surface area contributed by atoms with Crippen molar-refractivity contribution >= 4 is 47.3 Å². The van der Waals surface area contributed by atoms with Crippen LogP contribution in [0.4, 0.5) is 0 Å². The van der Waals surface area contributed by atoms with Crippen molar-refractivity contribution in [3.8, 4) is 0 Å². The van der Waals surface area contributed by atoms with Crippen molar-refractivity contribution in [1.82, 2.24) is 25.9 Å². The Morgan fingerprint density at radius 1 is 0.971 bits per heavy atom. The van der Waals surface area contributed by atoms with Gasteiger partial charge in [-0.3, -0.25) is 24.0 Å². The first kappa shape index (κ1) is 29.4. The third kappa shape index (κ3) is 10.9. The number of nitrogens with two attached hydrogens (primary N) is 3. The number of amides is 5. The Bertz CT molecular complexity index is 911. The molecular formula is C19H30N8O7S. The molecule has 1 heterocycles. The highest BCUT2D eigenvalue weighted by Gasteiger charge is 2.31. The maximum absolute atomic E-state index is 12.9. The van der Waals surface area contributed by atoms with E-state index in [2.05, 4.69) is 20.6 Å². The summed E-state index contributed by atoms with van der Waals surface area (Å²) < 4.78 is 0. The van der Waals surface area contributed by atoms with E-state index in [9.17, 15) is 33.9 Å². The highest BCUT2D eigenvalue weighted by Crippen LogP contribution is 2.05. The predicted octanol–water partition coefficient (Wildman–Crippen LogP) is -3.68. The first-order chi connectivity index (χ1) is 16.4. The summed E-state index contributed by atoms with van der Waals surface area (Å²) in [5.41, 5.74) is 16.7. The normalized spacial score (nSPS) is 14.1. The van der Waals surface area contributed by atoms with Gasteiger partial charge in [-0.1, -0.05) is 0 Å². The molecule has 1 rings (SSSR count). The van der Waals surface area contributed by atoms with Gasteiger partial charge < -0.3 is 43.2 Å². The highest BCUT2D eigenvalue weighted by molar-refractivity contribution is 7.98. The second kappa shape index (κ2) is 14.6. The molecule has 0 radical (unpaired) electrons. The van der Waals surface area contributed by atoms with Crippen molar-refractivity contribution in [3.05, 3.63) is 18.2 Å². The number of H-pyrrole nitrogens is 1. The van der Waals surface area contributed by atoms with E-state index in [1.54, 1.807) is 6.26 Å². The molecule has 0 aliphatic rings. The van der Waals surface area contributed by atoms with Crippen molar-refractivity contribution in [2.45, 2.75) is 49.9 Å². The first-order valence-corrected chi connectivity index (χ1v) is 11.8. The van der Waals surface area contributed by atoms with Crippen molar-refractivity contribution in [1.29, 1.82) is 0 Å². The molecule has 0 aliphatic carbocycles. The van der Waals surface area contributed by atoms with E-state index in [0.717, 1.165) is 0 Å². The second-order valence-electron chi connectivity index (χ2n) is 7.53. The number of nitrogens with zero attached hydrogens (tertiary/aromatic N) is 1.